The van der Waals surface area contributed by atoms with Gasteiger partial charge in [-0.1, -0.05) is 201 Å². The van der Waals surface area contributed by atoms with Gasteiger partial charge in [0.15, 0.2) is 6.10 Å². The number of hydrogen-bond donors (Lipinski definition) is 0. The van der Waals surface area contributed by atoms with E-state index in [0.29, 0.717) is 19.3 Å². The van der Waals surface area contributed by atoms with Gasteiger partial charge in [-0.3, -0.25) is 14.4 Å². The van der Waals surface area contributed by atoms with Crippen LogP contribution in [0.15, 0.2) is 0 Å². The molecule has 0 spiro atoms. The monoisotopic (exact) mass is 709 g/mol. The van der Waals surface area contributed by atoms with Crippen molar-refractivity contribution >= 4 is 17.9 Å². The van der Waals surface area contributed by atoms with Gasteiger partial charge in [0.25, 0.3) is 0 Å². The predicted octanol–water partition coefficient (Wildman–Crippen LogP) is 13.6. The van der Waals surface area contributed by atoms with E-state index in [1.54, 1.807) is 0 Å². The fourth-order valence-corrected chi connectivity index (χ4v) is 6.45. The molecule has 0 radical (unpaired) electrons. The summed E-state index contributed by atoms with van der Waals surface area (Å²) in [7, 11) is 0. The Labute approximate surface area is 310 Å². The van der Waals surface area contributed by atoms with Crippen LogP contribution in [0, 0.1) is 5.92 Å². The van der Waals surface area contributed by atoms with E-state index in [1.165, 1.54) is 135 Å². The molecule has 6 nitrogen and oxygen atoms in total. The second kappa shape index (κ2) is 38.6. The lowest BCUT2D eigenvalue weighted by atomic mass is 10.0. The van der Waals surface area contributed by atoms with Crippen molar-refractivity contribution in [2.24, 2.45) is 5.92 Å². The van der Waals surface area contributed by atoms with Crippen molar-refractivity contribution in [3.05, 3.63) is 0 Å². The average Bonchev–Trinajstić information content (AvgIpc) is 3.09. The van der Waals surface area contributed by atoms with E-state index in [4.69, 9.17) is 14.2 Å². The van der Waals surface area contributed by atoms with Gasteiger partial charge in [0.05, 0.1) is 0 Å². The van der Waals surface area contributed by atoms with Gasteiger partial charge in [-0.2, -0.15) is 0 Å². The van der Waals surface area contributed by atoms with Gasteiger partial charge in [-0.05, 0) is 25.2 Å². The van der Waals surface area contributed by atoms with Crippen LogP contribution in [0.5, 0.6) is 0 Å². The Hall–Kier alpha value is -1.59. The molecule has 1 atom stereocenters. The first-order valence-corrected chi connectivity index (χ1v) is 21.9. The summed E-state index contributed by atoms with van der Waals surface area (Å²) in [6, 6.07) is 0. The number of carbonyl (C=O) groups is 3. The molecule has 0 aromatic carbocycles. The number of rotatable bonds is 39. The molecule has 0 aromatic rings. The van der Waals surface area contributed by atoms with E-state index >= 15 is 0 Å². The van der Waals surface area contributed by atoms with Crippen LogP contribution in [-0.2, 0) is 28.6 Å². The van der Waals surface area contributed by atoms with Crippen LogP contribution in [0.2, 0.25) is 0 Å². The van der Waals surface area contributed by atoms with Gasteiger partial charge in [-0.15, -0.1) is 0 Å². The van der Waals surface area contributed by atoms with Crippen LogP contribution >= 0.6 is 0 Å². The number of esters is 3. The second-order valence-electron chi connectivity index (χ2n) is 15.5. The summed E-state index contributed by atoms with van der Waals surface area (Å²) in [5.41, 5.74) is 0. The van der Waals surface area contributed by atoms with Gasteiger partial charge in [0.1, 0.15) is 13.2 Å². The Morgan fingerprint density at radius 2 is 0.660 bits per heavy atom. The van der Waals surface area contributed by atoms with Crippen LogP contribution in [0.3, 0.4) is 0 Å². The third kappa shape index (κ3) is 37.7. The third-order valence-corrected chi connectivity index (χ3v) is 9.79. The fourth-order valence-electron chi connectivity index (χ4n) is 6.45. The first-order chi connectivity index (χ1) is 24.4. The molecule has 0 aliphatic heterocycles. The van der Waals surface area contributed by atoms with Crippen LogP contribution in [-0.4, -0.2) is 37.2 Å². The molecule has 50 heavy (non-hydrogen) atoms. The van der Waals surface area contributed by atoms with Gasteiger partial charge >= 0.3 is 17.9 Å². The molecule has 0 aliphatic carbocycles. The largest absolute Gasteiger partial charge is 0.462 e. The molecule has 0 unspecified atom stereocenters. The Morgan fingerprint density at radius 1 is 0.380 bits per heavy atom. The lowest BCUT2D eigenvalue weighted by molar-refractivity contribution is -0.167. The molecule has 0 saturated heterocycles. The zero-order chi connectivity index (χ0) is 36.8. The summed E-state index contributed by atoms with van der Waals surface area (Å²) in [5, 5.41) is 0. The highest BCUT2D eigenvalue weighted by molar-refractivity contribution is 5.71. The Morgan fingerprint density at radius 3 is 0.980 bits per heavy atom. The number of unbranched alkanes of at least 4 members (excludes halogenated alkanes) is 26. The van der Waals surface area contributed by atoms with Gasteiger partial charge in [0, 0.05) is 19.3 Å². The van der Waals surface area contributed by atoms with E-state index in [-0.39, 0.29) is 31.1 Å². The summed E-state index contributed by atoms with van der Waals surface area (Å²) in [4.78, 5) is 37.6. The van der Waals surface area contributed by atoms with Crippen LogP contribution in [0.25, 0.3) is 0 Å². The molecule has 0 fully saturated rings. The number of ether oxygens (including phenoxy) is 3. The topological polar surface area (TPSA) is 78.9 Å². The molecule has 0 bridgehead atoms. The minimum atomic E-state index is -0.758. The zero-order valence-corrected chi connectivity index (χ0v) is 33.9. The highest BCUT2D eigenvalue weighted by Crippen LogP contribution is 2.16. The molecule has 0 rings (SSSR count). The van der Waals surface area contributed by atoms with Gasteiger partial charge in [0.2, 0.25) is 0 Å². The molecular weight excluding hydrogens is 624 g/mol. The second-order valence-corrected chi connectivity index (χ2v) is 15.5. The van der Waals surface area contributed by atoms with Crippen molar-refractivity contribution < 1.29 is 28.6 Å². The van der Waals surface area contributed by atoms with E-state index in [9.17, 15) is 14.4 Å². The van der Waals surface area contributed by atoms with Crippen molar-refractivity contribution in [1.82, 2.24) is 0 Å². The lowest BCUT2D eigenvalue weighted by Gasteiger charge is -2.18. The number of carbonyl (C=O) groups excluding carboxylic acids is 3. The number of hydrogen-bond acceptors (Lipinski definition) is 6. The highest BCUT2D eigenvalue weighted by atomic mass is 16.6. The molecule has 0 N–H and O–H groups in total. The van der Waals surface area contributed by atoms with E-state index in [1.807, 2.05) is 0 Å². The lowest BCUT2D eigenvalue weighted by Crippen LogP contribution is -2.30. The third-order valence-electron chi connectivity index (χ3n) is 9.79. The fraction of sp³-hybridized carbons (Fsp3) is 0.932. The summed E-state index contributed by atoms with van der Waals surface area (Å²) in [5.74, 6) is -0.0675. The molecule has 0 amide bonds. The SMILES string of the molecule is CCCCCCCCCCCCCCC(=O)OC[C@@H](COC(=O)CCCCCCCCCCC)OC(=O)CCCCCCCCCCC(C)C. The summed E-state index contributed by atoms with van der Waals surface area (Å²) in [6.07, 6.45) is 36.6. The van der Waals surface area contributed by atoms with Gasteiger partial charge in [-0.25, -0.2) is 0 Å². The Bertz CT molecular complexity index is 751. The summed E-state index contributed by atoms with van der Waals surface area (Å²) < 4.78 is 16.7. The average molecular weight is 709 g/mol. The Kier molecular flexibility index (Phi) is 37.4. The van der Waals surface area contributed by atoms with Crippen molar-refractivity contribution in [1.29, 1.82) is 0 Å². The summed E-state index contributed by atoms with van der Waals surface area (Å²) in [6.45, 7) is 8.93. The predicted molar refractivity (Wildman–Crippen MR) is 210 cm³/mol. The maximum Gasteiger partial charge on any atom is 0.306 e. The minimum Gasteiger partial charge on any atom is -0.462 e. The molecule has 6 heteroatoms. The first kappa shape index (κ1) is 48.4. The van der Waals surface area contributed by atoms with Crippen LogP contribution in [0.4, 0.5) is 0 Å². The zero-order valence-electron chi connectivity index (χ0n) is 33.9. The quantitative estimate of drug-likeness (QED) is 0.0359. The first-order valence-electron chi connectivity index (χ1n) is 21.9. The highest BCUT2D eigenvalue weighted by Gasteiger charge is 2.19. The maximum absolute atomic E-state index is 12.7. The normalized spacial score (nSPS) is 11.9. The summed E-state index contributed by atoms with van der Waals surface area (Å²) >= 11 is 0. The molecule has 0 saturated carbocycles. The van der Waals surface area contributed by atoms with Crippen molar-refractivity contribution in [3.8, 4) is 0 Å². The molecular formula is C44H84O6. The minimum absolute atomic E-state index is 0.0645. The van der Waals surface area contributed by atoms with E-state index in [0.717, 1.165) is 63.7 Å². The molecule has 0 aliphatic rings. The van der Waals surface area contributed by atoms with Gasteiger partial charge < -0.3 is 14.2 Å². The molecule has 0 aromatic heterocycles. The van der Waals surface area contributed by atoms with E-state index < -0.39 is 6.10 Å². The van der Waals surface area contributed by atoms with E-state index in [2.05, 4.69) is 27.7 Å². The van der Waals surface area contributed by atoms with Crippen molar-refractivity contribution in [3.63, 3.8) is 0 Å². The van der Waals surface area contributed by atoms with Crippen molar-refractivity contribution in [2.75, 3.05) is 13.2 Å². The molecule has 0 heterocycles. The smallest absolute Gasteiger partial charge is 0.306 e. The Balaban J connectivity index is 4.33. The molecule has 296 valence electrons. The van der Waals surface area contributed by atoms with Crippen LogP contribution < -0.4 is 0 Å². The van der Waals surface area contributed by atoms with Crippen LogP contribution in [0.1, 0.15) is 240 Å². The van der Waals surface area contributed by atoms with Crippen molar-refractivity contribution in [2.45, 2.75) is 246 Å². The maximum atomic E-state index is 12.7. The standard InChI is InChI=1S/C44H84O6/c1-5-7-9-11-13-15-16-17-19-24-28-32-36-43(46)49-39-41(38-48-42(45)35-31-27-23-18-14-12-10-8-6-2)50-44(47)37-33-29-25-21-20-22-26-30-34-40(3)4/h40-41H,5-39H2,1-4H3/t41-/m1/s1.